The Balaban J connectivity index is 3.21. The summed E-state index contributed by atoms with van der Waals surface area (Å²) in [4.78, 5) is 21.4. The summed E-state index contributed by atoms with van der Waals surface area (Å²) in [7, 11) is 0. The minimum atomic E-state index is -1.26. The number of carboxylic acid groups (broad SMARTS) is 2. The van der Waals surface area contributed by atoms with Crippen molar-refractivity contribution in [3.63, 3.8) is 0 Å². The maximum Gasteiger partial charge on any atom is 0.339 e. The summed E-state index contributed by atoms with van der Waals surface area (Å²) in [6.07, 6.45) is -1.22. The topological polar surface area (TPSA) is 104 Å². The van der Waals surface area contributed by atoms with Gasteiger partial charge in [-0.15, -0.1) is 0 Å². The number of ether oxygens (including phenoxy) is 1. The fraction of sp³-hybridized carbons (Fsp3) is 0.200. The van der Waals surface area contributed by atoms with Gasteiger partial charge in [-0.2, -0.15) is 0 Å². The van der Waals surface area contributed by atoms with Crippen molar-refractivity contribution in [3.05, 3.63) is 29.3 Å². The van der Waals surface area contributed by atoms with Gasteiger partial charge in [-0.3, -0.25) is 0 Å². The number of hydrogen-bond acceptors (Lipinski definition) is 4. The van der Waals surface area contributed by atoms with E-state index in [1.807, 2.05) is 0 Å². The molecule has 6 nitrogen and oxygen atoms in total. The first-order chi connectivity index (χ1) is 7.41. The molecule has 0 bridgehead atoms. The lowest BCUT2D eigenvalue weighted by molar-refractivity contribution is -0.00131. The highest BCUT2D eigenvalue weighted by Gasteiger charge is 2.15. The molecule has 0 radical (unpaired) electrons. The van der Waals surface area contributed by atoms with Gasteiger partial charge < -0.3 is 20.1 Å². The predicted octanol–water partition coefficient (Wildman–Crippen LogP) is 0.800. The molecule has 0 spiro atoms. The second-order valence-electron chi connectivity index (χ2n) is 3.04. The molecule has 0 aliphatic rings. The maximum atomic E-state index is 10.8. The van der Waals surface area contributed by atoms with E-state index in [2.05, 4.69) is 0 Å². The zero-order valence-electron chi connectivity index (χ0n) is 8.38. The summed E-state index contributed by atoms with van der Waals surface area (Å²) >= 11 is 0. The van der Waals surface area contributed by atoms with Crippen LogP contribution in [0.2, 0.25) is 0 Å². The van der Waals surface area contributed by atoms with Gasteiger partial charge in [-0.05, 0) is 25.1 Å². The summed E-state index contributed by atoms with van der Waals surface area (Å²) in [5, 5.41) is 26.5. The minimum absolute atomic E-state index is 0.111. The van der Waals surface area contributed by atoms with Crippen molar-refractivity contribution in [3.8, 4) is 5.75 Å². The Morgan fingerprint density at radius 3 is 2.31 bits per heavy atom. The van der Waals surface area contributed by atoms with Crippen molar-refractivity contribution in [2.75, 3.05) is 0 Å². The fourth-order valence-corrected chi connectivity index (χ4v) is 1.11. The van der Waals surface area contributed by atoms with Crippen molar-refractivity contribution < 1.29 is 29.6 Å². The monoisotopic (exact) mass is 226 g/mol. The van der Waals surface area contributed by atoms with Crippen molar-refractivity contribution in [2.24, 2.45) is 0 Å². The van der Waals surface area contributed by atoms with E-state index in [4.69, 9.17) is 20.1 Å². The van der Waals surface area contributed by atoms with E-state index >= 15 is 0 Å². The van der Waals surface area contributed by atoms with Gasteiger partial charge in [0.25, 0.3) is 0 Å². The summed E-state index contributed by atoms with van der Waals surface area (Å²) in [6.45, 7) is 1.29. The Morgan fingerprint density at radius 2 is 1.88 bits per heavy atom. The first-order valence-corrected chi connectivity index (χ1v) is 4.37. The SMILES string of the molecule is CC(O)Oc1cc(C(=O)O)ccc1C(=O)O. The standard InChI is InChI=1S/C10H10O6/c1-5(11)16-8-4-6(9(12)13)2-3-7(8)10(14)15/h2-5,11H,1H3,(H,12,13)(H,14,15). The molecule has 0 fully saturated rings. The number of carboxylic acids is 2. The highest BCUT2D eigenvalue weighted by molar-refractivity contribution is 5.94. The van der Waals surface area contributed by atoms with Gasteiger partial charge in [-0.25, -0.2) is 9.59 Å². The summed E-state index contributed by atoms with van der Waals surface area (Å²) in [5.74, 6) is -2.64. The number of aromatic carboxylic acids is 2. The molecule has 1 atom stereocenters. The molecular weight excluding hydrogens is 216 g/mol. The number of aliphatic hydroxyl groups excluding tert-OH is 1. The second kappa shape index (κ2) is 4.63. The zero-order chi connectivity index (χ0) is 12.3. The van der Waals surface area contributed by atoms with Gasteiger partial charge >= 0.3 is 11.9 Å². The van der Waals surface area contributed by atoms with Crippen LogP contribution in [-0.4, -0.2) is 33.5 Å². The van der Waals surface area contributed by atoms with E-state index < -0.39 is 18.2 Å². The Bertz CT molecular complexity index is 423. The van der Waals surface area contributed by atoms with Crippen LogP contribution in [0.3, 0.4) is 0 Å². The van der Waals surface area contributed by atoms with E-state index in [1.54, 1.807) is 0 Å². The molecule has 86 valence electrons. The molecule has 3 N–H and O–H groups in total. The van der Waals surface area contributed by atoms with E-state index in [1.165, 1.54) is 6.92 Å². The molecule has 0 aliphatic heterocycles. The third-order valence-electron chi connectivity index (χ3n) is 1.76. The molecule has 0 aromatic heterocycles. The van der Waals surface area contributed by atoms with E-state index in [-0.39, 0.29) is 16.9 Å². The molecule has 0 amide bonds. The van der Waals surface area contributed by atoms with Crippen molar-refractivity contribution in [1.29, 1.82) is 0 Å². The highest BCUT2D eigenvalue weighted by Crippen LogP contribution is 2.21. The van der Waals surface area contributed by atoms with Crippen LogP contribution in [0.15, 0.2) is 18.2 Å². The normalized spacial score (nSPS) is 11.9. The summed E-state index contributed by atoms with van der Waals surface area (Å²) in [5.41, 5.74) is -0.313. The third-order valence-corrected chi connectivity index (χ3v) is 1.76. The maximum absolute atomic E-state index is 10.8. The quantitative estimate of drug-likeness (QED) is 0.656. The molecule has 0 aliphatic carbocycles. The number of aliphatic hydroxyl groups is 1. The first-order valence-electron chi connectivity index (χ1n) is 4.37. The molecule has 0 heterocycles. The predicted molar refractivity (Wildman–Crippen MR) is 52.7 cm³/mol. The Hall–Kier alpha value is -2.08. The van der Waals surface area contributed by atoms with Crippen molar-refractivity contribution >= 4 is 11.9 Å². The summed E-state index contributed by atoms with van der Waals surface area (Å²) in [6, 6.07) is 3.32. The molecule has 0 saturated heterocycles. The Kier molecular flexibility index (Phi) is 3.47. The largest absolute Gasteiger partial charge is 0.478 e. The number of hydrogen-bond donors (Lipinski definition) is 3. The smallest absolute Gasteiger partial charge is 0.339 e. The van der Waals surface area contributed by atoms with Crippen LogP contribution in [0, 0.1) is 0 Å². The summed E-state index contributed by atoms with van der Waals surface area (Å²) < 4.78 is 4.81. The Morgan fingerprint density at radius 1 is 1.25 bits per heavy atom. The average molecular weight is 226 g/mol. The lowest BCUT2D eigenvalue weighted by Crippen LogP contribution is -2.13. The highest BCUT2D eigenvalue weighted by atomic mass is 16.6. The molecule has 1 aromatic carbocycles. The van der Waals surface area contributed by atoms with Crippen molar-refractivity contribution in [2.45, 2.75) is 13.2 Å². The Labute approximate surface area is 90.7 Å². The van der Waals surface area contributed by atoms with E-state index in [0.29, 0.717) is 0 Å². The van der Waals surface area contributed by atoms with Crippen LogP contribution in [0.5, 0.6) is 5.75 Å². The van der Waals surface area contributed by atoms with Crippen LogP contribution in [0.25, 0.3) is 0 Å². The van der Waals surface area contributed by atoms with Crippen LogP contribution < -0.4 is 4.74 Å². The average Bonchev–Trinajstić information content (AvgIpc) is 2.15. The molecule has 1 unspecified atom stereocenters. The number of benzene rings is 1. The van der Waals surface area contributed by atoms with Crippen molar-refractivity contribution in [1.82, 2.24) is 0 Å². The van der Waals surface area contributed by atoms with E-state index in [9.17, 15) is 9.59 Å². The molecule has 16 heavy (non-hydrogen) atoms. The molecular formula is C10H10O6. The van der Waals surface area contributed by atoms with Gasteiger partial charge in [0.2, 0.25) is 0 Å². The van der Waals surface area contributed by atoms with Gasteiger partial charge in [0.15, 0.2) is 6.29 Å². The van der Waals surface area contributed by atoms with Gasteiger partial charge in [0.05, 0.1) is 5.56 Å². The molecule has 1 rings (SSSR count). The van der Waals surface area contributed by atoms with Crippen LogP contribution in [0.1, 0.15) is 27.6 Å². The minimum Gasteiger partial charge on any atom is -0.478 e. The fourth-order valence-electron chi connectivity index (χ4n) is 1.11. The molecule has 1 aromatic rings. The van der Waals surface area contributed by atoms with Gasteiger partial charge in [0, 0.05) is 0 Å². The zero-order valence-corrected chi connectivity index (χ0v) is 8.38. The lowest BCUT2D eigenvalue weighted by atomic mass is 10.1. The van der Waals surface area contributed by atoms with Crippen LogP contribution in [0.4, 0.5) is 0 Å². The molecule has 6 heteroatoms. The number of rotatable bonds is 4. The van der Waals surface area contributed by atoms with E-state index in [0.717, 1.165) is 18.2 Å². The van der Waals surface area contributed by atoms with Crippen LogP contribution in [-0.2, 0) is 0 Å². The lowest BCUT2D eigenvalue weighted by Gasteiger charge is -2.11. The number of carbonyl (C=O) groups is 2. The van der Waals surface area contributed by atoms with Gasteiger partial charge in [0.1, 0.15) is 11.3 Å². The molecule has 0 saturated carbocycles. The third kappa shape index (κ3) is 2.71. The first kappa shape index (κ1) is 12.0. The van der Waals surface area contributed by atoms with Crippen LogP contribution >= 0.6 is 0 Å². The van der Waals surface area contributed by atoms with Gasteiger partial charge in [-0.1, -0.05) is 0 Å². The second-order valence-corrected chi connectivity index (χ2v) is 3.04.